The Morgan fingerprint density at radius 1 is 1.00 bits per heavy atom. The summed E-state index contributed by atoms with van der Waals surface area (Å²) in [6, 6.07) is 8.91. The highest BCUT2D eigenvalue weighted by atomic mass is 19.4. The molecule has 0 atom stereocenters. The van der Waals surface area contributed by atoms with Gasteiger partial charge in [0.05, 0.1) is 23.4 Å². The number of Topliss-reactive ketones (excluding diaryl/α,β-unsaturated/α-hetero) is 1. The van der Waals surface area contributed by atoms with E-state index >= 15 is 0 Å². The van der Waals surface area contributed by atoms with Crippen molar-refractivity contribution in [1.82, 2.24) is 4.98 Å². The zero-order valence-corrected chi connectivity index (χ0v) is 21.8. The Balaban J connectivity index is 1.55. The second-order valence-corrected chi connectivity index (χ2v) is 9.65. The molecule has 1 aliphatic carbocycles. The van der Waals surface area contributed by atoms with Crippen LogP contribution in [0.15, 0.2) is 48.7 Å². The van der Waals surface area contributed by atoms with E-state index in [4.69, 9.17) is 5.11 Å². The summed E-state index contributed by atoms with van der Waals surface area (Å²) in [6.45, 7) is -0.176. The Bertz CT molecular complexity index is 1530. The number of anilines is 2. The highest BCUT2D eigenvalue weighted by Crippen LogP contribution is 2.42. The summed E-state index contributed by atoms with van der Waals surface area (Å²) in [4.78, 5) is 41.2. The van der Waals surface area contributed by atoms with Crippen molar-refractivity contribution in [3.63, 3.8) is 0 Å². The standard InChI is InChI=1S/C28H23F6N3O5/c1-14-7-20(15-5-6-15)35-12-18(14)16-3-2-4-17(8-16)23(38)11-25(39)36-21-9-19(28(32,33)34)24(42-13-27(29,30)31)10-22(21)37-26(40)41/h2-4,7-10,12,15,37H,5-6,11,13H2,1H3,(H,36,39)(H,40,41). The number of nitrogens with zero attached hydrogens (tertiary/aromatic N) is 1. The minimum Gasteiger partial charge on any atom is -0.483 e. The van der Waals surface area contributed by atoms with Crippen molar-refractivity contribution in [2.24, 2.45) is 0 Å². The number of amides is 2. The van der Waals surface area contributed by atoms with Gasteiger partial charge in [-0.1, -0.05) is 18.2 Å². The van der Waals surface area contributed by atoms with Crippen molar-refractivity contribution in [1.29, 1.82) is 0 Å². The number of carbonyl (C=O) groups is 3. The van der Waals surface area contributed by atoms with Gasteiger partial charge in [0.2, 0.25) is 5.91 Å². The summed E-state index contributed by atoms with van der Waals surface area (Å²) in [6.07, 6.45) is -8.96. The first-order valence-corrected chi connectivity index (χ1v) is 12.5. The van der Waals surface area contributed by atoms with Crippen LogP contribution in [-0.4, -0.2) is 40.7 Å². The van der Waals surface area contributed by atoms with E-state index in [2.05, 4.69) is 9.72 Å². The molecule has 0 bridgehead atoms. The molecule has 0 aliphatic heterocycles. The second-order valence-electron chi connectivity index (χ2n) is 9.65. The molecule has 0 unspecified atom stereocenters. The first-order valence-electron chi connectivity index (χ1n) is 12.5. The van der Waals surface area contributed by atoms with Crippen LogP contribution in [0.2, 0.25) is 0 Å². The molecule has 1 saturated carbocycles. The third-order valence-electron chi connectivity index (χ3n) is 6.28. The van der Waals surface area contributed by atoms with Crippen molar-refractivity contribution < 1.29 is 50.6 Å². The van der Waals surface area contributed by atoms with Crippen molar-refractivity contribution in [3.05, 3.63) is 71.0 Å². The summed E-state index contributed by atoms with van der Waals surface area (Å²) in [5.74, 6) is -2.65. The predicted molar refractivity (Wildman–Crippen MR) is 139 cm³/mol. The Morgan fingerprint density at radius 2 is 1.69 bits per heavy atom. The van der Waals surface area contributed by atoms with Gasteiger partial charge in [-0.15, -0.1) is 0 Å². The fraction of sp³-hybridized carbons (Fsp3) is 0.286. The molecule has 1 aromatic heterocycles. The first kappa shape index (κ1) is 30.3. The Hall–Kier alpha value is -4.62. The van der Waals surface area contributed by atoms with Crippen LogP contribution >= 0.6 is 0 Å². The summed E-state index contributed by atoms with van der Waals surface area (Å²) in [7, 11) is 0. The molecule has 2 amide bonds. The predicted octanol–water partition coefficient (Wildman–Crippen LogP) is 7.20. The number of alkyl halides is 6. The van der Waals surface area contributed by atoms with Crippen molar-refractivity contribution in [3.8, 4) is 16.9 Å². The maximum atomic E-state index is 13.6. The SMILES string of the molecule is Cc1cc(C2CC2)ncc1-c1cccc(C(=O)CC(=O)Nc2cc(C(F)(F)F)c(OCC(F)(F)F)cc2NC(=O)O)c1. The Morgan fingerprint density at radius 3 is 2.29 bits per heavy atom. The normalized spacial score (nSPS) is 13.4. The lowest BCUT2D eigenvalue weighted by molar-refractivity contribution is -0.158. The number of carbonyl (C=O) groups excluding carboxylic acids is 2. The van der Waals surface area contributed by atoms with E-state index in [0.29, 0.717) is 17.5 Å². The lowest BCUT2D eigenvalue weighted by Crippen LogP contribution is -2.22. The zero-order chi connectivity index (χ0) is 30.8. The number of carboxylic acid groups (broad SMARTS) is 1. The quantitative estimate of drug-likeness (QED) is 0.137. The Labute approximate surface area is 234 Å². The van der Waals surface area contributed by atoms with Crippen LogP contribution in [0.4, 0.5) is 42.5 Å². The molecule has 2 aromatic carbocycles. The van der Waals surface area contributed by atoms with Gasteiger partial charge in [0.15, 0.2) is 12.4 Å². The summed E-state index contributed by atoms with van der Waals surface area (Å²) >= 11 is 0. The van der Waals surface area contributed by atoms with Crippen molar-refractivity contribution in [2.45, 2.75) is 44.5 Å². The molecule has 0 radical (unpaired) electrons. The number of hydrogen-bond acceptors (Lipinski definition) is 5. The number of ketones is 1. The summed E-state index contributed by atoms with van der Waals surface area (Å²) in [5.41, 5.74) is 0.349. The minimum atomic E-state index is -5.23. The lowest BCUT2D eigenvalue weighted by atomic mass is 9.97. The molecule has 8 nitrogen and oxygen atoms in total. The van der Waals surface area contributed by atoms with E-state index in [9.17, 15) is 40.7 Å². The molecular weight excluding hydrogens is 572 g/mol. The summed E-state index contributed by atoms with van der Waals surface area (Å²) in [5, 5.41) is 12.8. The smallest absolute Gasteiger partial charge is 0.422 e. The van der Waals surface area contributed by atoms with Crippen LogP contribution < -0.4 is 15.4 Å². The highest BCUT2D eigenvalue weighted by Gasteiger charge is 2.38. The van der Waals surface area contributed by atoms with Gasteiger partial charge >= 0.3 is 18.4 Å². The van der Waals surface area contributed by atoms with Gasteiger partial charge in [0, 0.05) is 35.0 Å². The van der Waals surface area contributed by atoms with Crippen LogP contribution in [-0.2, 0) is 11.0 Å². The average Bonchev–Trinajstić information content (AvgIpc) is 3.73. The van der Waals surface area contributed by atoms with Crippen LogP contribution in [0.25, 0.3) is 11.1 Å². The highest BCUT2D eigenvalue weighted by molar-refractivity contribution is 6.12. The third kappa shape index (κ3) is 7.77. The second kappa shape index (κ2) is 11.7. The number of halogens is 6. The van der Waals surface area contributed by atoms with E-state index < -0.39 is 65.9 Å². The topological polar surface area (TPSA) is 118 Å². The molecule has 0 saturated heterocycles. The fourth-order valence-electron chi connectivity index (χ4n) is 4.19. The molecule has 42 heavy (non-hydrogen) atoms. The zero-order valence-electron chi connectivity index (χ0n) is 21.8. The molecular formula is C28H23F6N3O5. The van der Waals surface area contributed by atoms with Crippen molar-refractivity contribution in [2.75, 3.05) is 17.2 Å². The van der Waals surface area contributed by atoms with Crippen LogP contribution in [0, 0.1) is 6.92 Å². The van der Waals surface area contributed by atoms with E-state index in [-0.39, 0.29) is 11.6 Å². The molecule has 222 valence electrons. The number of benzene rings is 2. The third-order valence-corrected chi connectivity index (χ3v) is 6.28. The minimum absolute atomic E-state index is 0.129. The first-order chi connectivity index (χ1) is 19.6. The van der Waals surface area contributed by atoms with E-state index in [1.54, 1.807) is 29.7 Å². The number of hydrogen-bond donors (Lipinski definition) is 3. The molecule has 1 fully saturated rings. The summed E-state index contributed by atoms with van der Waals surface area (Å²) < 4.78 is 82.8. The van der Waals surface area contributed by atoms with Gasteiger partial charge < -0.3 is 15.2 Å². The molecule has 1 aliphatic rings. The molecule has 0 spiro atoms. The maximum Gasteiger partial charge on any atom is 0.422 e. The van der Waals surface area contributed by atoms with Gasteiger partial charge in [-0.3, -0.25) is 19.9 Å². The molecule has 4 rings (SSSR count). The van der Waals surface area contributed by atoms with Gasteiger partial charge in [-0.25, -0.2) is 4.79 Å². The molecule has 1 heterocycles. The van der Waals surface area contributed by atoms with Crippen LogP contribution in [0.1, 0.15) is 52.4 Å². The van der Waals surface area contributed by atoms with E-state index in [1.807, 2.05) is 18.3 Å². The molecule has 3 N–H and O–H groups in total. The van der Waals surface area contributed by atoms with Gasteiger partial charge in [0.25, 0.3) is 0 Å². The number of pyridine rings is 1. The van der Waals surface area contributed by atoms with Gasteiger partial charge in [-0.05, 0) is 49.1 Å². The number of ether oxygens (including phenoxy) is 1. The molecule has 14 heteroatoms. The number of rotatable bonds is 9. The fourth-order valence-corrected chi connectivity index (χ4v) is 4.19. The van der Waals surface area contributed by atoms with Gasteiger partial charge in [-0.2, -0.15) is 26.3 Å². The maximum absolute atomic E-state index is 13.6. The van der Waals surface area contributed by atoms with Gasteiger partial charge in [0.1, 0.15) is 5.75 Å². The molecule has 3 aromatic rings. The number of aromatic nitrogens is 1. The average molecular weight is 595 g/mol. The number of nitrogens with one attached hydrogen (secondary N) is 2. The van der Waals surface area contributed by atoms with E-state index in [1.165, 1.54) is 6.07 Å². The lowest BCUT2D eigenvalue weighted by Gasteiger charge is -2.19. The van der Waals surface area contributed by atoms with Crippen LogP contribution in [0.5, 0.6) is 5.75 Å². The number of aryl methyl sites for hydroxylation is 1. The Kier molecular flexibility index (Phi) is 8.45. The largest absolute Gasteiger partial charge is 0.483 e. The van der Waals surface area contributed by atoms with Crippen LogP contribution in [0.3, 0.4) is 0 Å². The van der Waals surface area contributed by atoms with Crippen molar-refractivity contribution >= 4 is 29.2 Å². The monoisotopic (exact) mass is 595 g/mol. The van der Waals surface area contributed by atoms with E-state index in [0.717, 1.165) is 29.7 Å².